The predicted molar refractivity (Wildman–Crippen MR) is 76.4 cm³/mol. The fourth-order valence-corrected chi connectivity index (χ4v) is 2.10. The van der Waals surface area contributed by atoms with E-state index in [9.17, 15) is 0 Å². The smallest absolute Gasteiger partial charge is 0.0999 e. The van der Waals surface area contributed by atoms with Gasteiger partial charge in [-0.25, -0.2) is 0 Å². The first-order valence-corrected chi connectivity index (χ1v) is 6.48. The number of likely N-dealkylation sites (N-methyl/N-ethyl adjacent to an activating group) is 1. The minimum Gasteiger partial charge on any atom is -0.500 e. The highest BCUT2D eigenvalue weighted by Crippen LogP contribution is 2.26. The van der Waals surface area contributed by atoms with Crippen LogP contribution in [0.4, 0.5) is 0 Å². The SMILES string of the molecule is CN(C)CCO/C=C/C1=CCCc2ccccc21. The van der Waals surface area contributed by atoms with Crippen LogP contribution in [0.25, 0.3) is 5.57 Å². The summed E-state index contributed by atoms with van der Waals surface area (Å²) >= 11 is 0. The number of benzene rings is 1. The zero-order chi connectivity index (χ0) is 12.8. The van der Waals surface area contributed by atoms with Gasteiger partial charge in [0.25, 0.3) is 0 Å². The number of hydrogen-bond acceptors (Lipinski definition) is 2. The Kier molecular flexibility index (Phi) is 4.59. The van der Waals surface area contributed by atoms with E-state index in [1.165, 1.54) is 16.7 Å². The molecule has 0 atom stereocenters. The Hall–Kier alpha value is -1.54. The highest BCUT2D eigenvalue weighted by Gasteiger charge is 2.08. The van der Waals surface area contributed by atoms with Crippen LogP contribution in [-0.4, -0.2) is 32.1 Å². The molecule has 0 unspecified atom stereocenters. The van der Waals surface area contributed by atoms with Gasteiger partial charge in [0.15, 0.2) is 0 Å². The van der Waals surface area contributed by atoms with Gasteiger partial charge in [-0.3, -0.25) is 0 Å². The van der Waals surface area contributed by atoms with E-state index in [2.05, 4.69) is 41.3 Å². The molecule has 0 amide bonds. The number of ether oxygens (including phenoxy) is 1. The molecule has 1 aliphatic carbocycles. The van der Waals surface area contributed by atoms with Gasteiger partial charge in [-0.05, 0) is 49.7 Å². The average molecular weight is 243 g/mol. The molecular formula is C16H21NO. The fraction of sp³-hybridized carbons (Fsp3) is 0.375. The molecule has 1 aromatic rings. The second-order valence-electron chi connectivity index (χ2n) is 4.83. The summed E-state index contributed by atoms with van der Waals surface area (Å²) in [6.07, 6.45) is 8.45. The molecule has 1 aliphatic rings. The maximum Gasteiger partial charge on any atom is 0.0999 e. The Labute approximate surface area is 110 Å². The number of rotatable bonds is 5. The lowest BCUT2D eigenvalue weighted by atomic mass is 9.91. The molecule has 0 aliphatic heterocycles. The summed E-state index contributed by atoms with van der Waals surface area (Å²) in [6, 6.07) is 8.60. The zero-order valence-electron chi connectivity index (χ0n) is 11.2. The van der Waals surface area contributed by atoms with E-state index < -0.39 is 0 Å². The van der Waals surface area contributed by atoms with Crippen molar-refractivity contribution in [2.45, 2.75) is 12.8 Å². The molecule has 0 saturated carbocycles. The van der Waals surface area contributed by atoms with Crippen molar-refractivity contribution >= 4 is 5.57 Å². The molecule has 0 saturated heterocycles. The number of nitrogens with zero attached hydrogens (tertiary/aromatic N) is 1. The molecule has 0 radical (unpaired) electrons. The first kappa shape index (κ1) is 12.9. The highest BCUT2D eigenvalue weighted by molar-refractivity contribution is 5.77. The standard InChI is InChI=1S/C16H21NO/c1-17(2)11-13-18-12-10-15-8-5-7-14-6-3-4-9-16(14)15/h3-4,6,8-10,12H,5,7,11,13H2,1-2H3/b12-10+. The van der Waals surface area contributed by atoms with Crippen LogP contribution in [0, 0.1) is 0 Å². The van der Waals surface area contributed by atoms with Gasteiger partial charge in [0, 0.05) is 6.54 Å². The third kappa shape index (κ3) is 3.47. The van der Waals surface area contributed by atoms with Crippen LogP contribution in [0.3, 0.4) is 0 Å². The summed E-state index contributed by atoms with van der Waals surface area (Å²) in [5, 5.41) is 0. The van der Waals surface area contributed by atoms with Crippen LogP contribution in [-0.2, 0) is 11.2 Å². The molecule has 0 fully saturated rings. The summed E-state index contributed by atoms with van der Waals surface area (Å²) in [7, 11) is 4.10. The van der Waals surface area contributed by atoms with Crippen molar-refractivity contribution in [3.63, 3.8) is 0 Å². The maximum atomic E-state index is 5.50. The van der Waals surface area contributed by atoms with Crippen LogP contribution in [0.2, 0.25) is 0 Å². The second-order valence-corrected chi connectivity index (χ2v) is 4.83. The van der Waals surface area contributed by atoms with Crippen molar-refractivity contribution in [3.8, 4) is 0 Å². The van der Waals surface area contributed by atoms with Crippen molar-refractivity contribution in [2.24, 2.45) is 0 Å². The quantitative estimate of drug-likeness (QED) is 0.582. The third-order valence-electron chi connectivity index (χ3n) is 3.11. The van der Waals surface area contributed by atoms with E-state index in [4.69, 9.17) is 4.74 Å². The van der Waals surface area contributed by atoms with Crippen LogP contribution in [0.5, 0.6) is 0 Å². The first-order chi connectivity index (χ1) is 8.77. The van der Waals surface area contributed by atoms with Gasteiger partial charge >= 0.3 is 0 Å². The summed E-state index contributed by atoms with van der Waals surface area (Å²) in [5.74, 6) is 0. The summed E-state index contributed by atoms with van der Waals surface area (Å²) in [5.41, 5.74) is 4.06. The molecule has 1 aromatic carbocycles. The molecule has 0 heterocycles. The lowest BCUT2D eigenvalue weighted by Gasteiger charge is -2.15. The fourth-order valence-electron chi connectivity index (χ4n) is 2.10. The number of aryl methyl sites for hydroxylation is 1. The lowest BCUT2D eigenvalue weighted by molar-refractivity contribution is 0.212. The van der Waals surface area contributed by atoms with Gasteiger partial charge < -0.3 is 9.64 Å². The minimum absolute atomic E-state index is 0.735. The normalized spacial score (nSPS) is 14.7. The first-order valence-electron chi connectivity index (χ1n) is 6.48. The molecule has 2 rings (SSSR count). The number of allylic oxidation sites excluding steroid dienone is 3. The molecule has 2 nitrogen and oxygen atoms in total. The van der Waals surface area contributed by atoms with Gasteiger partial charge in [0.1, 0.15) is 0 Å². The van der Waals surface area contributed by atoms with E-state index >= 15 is 0 Å². The molecule has 18 heavy (non-hydrogen) atoms. The van der Waals surface area contributed by atoms with Crippen molar-refractivity contribution in [1.29, 1.82) is 0 Å². The molecule has 0 N–H and O–H groups in total. The molecular weight excluding hydrogens is 222 g/mol. The van der Waals surface area contributed by atoms with E-state index in [-0.39, 0.29) is 0 Å². The second kappa shape index (κ2) is 6.41. The van der Waals surface area contributed by atoms with Gasteiger partial charge in [0.2, 0.25) is 0 Å². The third-order valence-corrected chi connectivity index (χ3v) is 3.11. The van der Waals surface area contributed by atoms with Gasteiger partial charge in [-0.1, -0.05) is 30.3 Å². The topological polar surface area (TPSA) is 12.5 Å². The van der Waals surface area contributed by atoms with Crippen molar-refractivity contribution in [3.05, 3.63) is 53.8 Å². The predicted octanol–water partition coefficient (Wildman–Crippen LogP) is 3.11. The Balaban J connectivity index is 1.93. The number of hydrogen-bond donors (Lipinski definition) is 0. The van der Waals surface area contributed by atoms with E-state index in [0.717, 1.165) is 26.0 Å². The Bertz CT molecular complexity index is 446. The van der Waals surface area contributed by atoms with E-state index in [0.29, 0.717) is 0 Å². The Morgan fingerprint density at radius 2 is 2.11 bits per heavy atom. The average Bonchev–Trinajstić information content (AvgIpc) is 2.38. The summed E-state index contributed by atoms with van der Waals surface area (Å²) in [4.78, 5) is 2.11. The van der Waals surface area contributed by atoms with Crippen LogP contribution in [0.1, 0.15) is 17.5 Å². The lowest BCUT2D eigenvalue weighted by Crippen LogP contribution is -2.16. The summed E-state index contributed by atoms with van der Waals surface area (Å²) in [6.45, 7) is 1.68. The highest BCUT2D eigenvalue weighted by atomic mass is 16.5. The van der Waals surface area contributed by atoms with Gasteiger partial charge in [-0.2, -0.15) is 0 Å². The minimum atomic E-state index is 0.735. The van der Waals surface area contributed by atoms with Crippen LogP contribution in [0.15, 0.2) is 42.7 Å². The molecule has 96 valence electrons. The number of fused-ring (bicyclic) bond motifs is 1. The van der Waals surface area contributed by atoms with Crippen LogP contribution >= 0.6 is 0 Å². The molecule has 0 bridgehead atoms. The molecule has 0 aromatic heterocycles. The largest absolute Gasteiger partial charge is 0.500 e. The summed E-state index contributed by atoms with van der Waals surface area (Å²) < 4.78 is 5.50. The van der Waals surface area contributed by atoms with Gasteiger partial charge in [-0.15, -0.1) is 0 Å². The van der Waals surface area contributed by atoms with Crippen molar-refractivity contribution in [1.82, 2.24) is 4.90 Å². The maximum absolute atomic E-state index is 5.50. The Morgan fingerprint density at radius 3 is 2.94 bits per heavy atom. The van der Waals surface area contributed by atoms with E-state index in [1.807, 2.05) is 20.4 Å². The van der Waals surface area contributed by atoms with Gasteiger partial charge in [0.05, 0.1) is 12.9 Å². The van der Waals surface area contributed by atoms with Crippen LogP contribution < -0.4 is 0 Å². The monoisotopic (exact) mass is 243 g/mol. The Morgan fingerprint density at radius 1 is 1.28 bits per heavy atom. The molecule has 0 spiro atoms. The van der Waals surface area contributed by atoms with Crippen molar-refractivity contribution < 1.29 is 4.74 Å². The molecule has 2 heteroatoms. The van der Waals surface area contributed by atoms with E-state index in [1.54, 1.807) is 0 Å². The zero-order valence-corrected chi connectivity index (χ0v) is 11.2. The van der Waals surface area contributed by atoms with Crippen molar-refractivity contribution in [2.75, 3.05) is 27.2 Å².